The number of nitrogens with one attached hydrogen (secondary N) is 1. The van der Waals surface area contributed by atoms with Crippen LogP contribution in [0.3, 0.4) is 0 Å². The SMILES string of the molecule is O=C(NC1(C(=O)N2c3ccccc3CC2C(=O)O)CC1)OCC1c2ccccc2-c2ccccc21. The fourth-order valence-corrected chi connectivity index (χ4v) is 5.41. The first kappa shape index (κ1) is 21.4. The maximum Gasteiger partial charge on any atom is 0.408 e. The average molecular weight is 469 g/mol. The van der Waals surface area contributed by atoms with E-state index in [0.29, 0.717) is 18.5 Å². The first-order valence-corrected chi connectivity index (χ1v) is 11.8. The fourth-order valence-electron chi connectivity index (χ4n) is 5.41. The predicted molar refractivity (Wildman–Crippen MR) is 129 cm³/mol. The average Bonchev–Trinajstić information content (AvgIpc) is 3.43. The zero-order chi connectivity index (χ0) is 24.2. The lowest BCUT2D eigenvalue weighted by atomic mass is 9.98. The molecule has 1 unspecified atom stereocenters. The Morgan fingerprint density at radius 1 is 0.914 bits per heavy atom. The highest BCUT2D eigenvalue weighted by Gasteiger charge is 2.56. The van der Waals surface area contributed by atoms with Crippen LogP contribution < -0.4 is 10.2 Å². The van der Waals surface area contributed by atoms with Crippen molar-refractivity contribution < 1.29 is 24.2 Å². The number of rotatable bonds is 5. The van der Waals surface area contributed by atoms with E-state index in [2.05, 4.69) is 17.4 Å². The van der Waals surface area contributed by atoms with Gasteiger partial charge < -0.3 is 15.2 Å². The standard InChI is InChI=1S/C28H24N2O5/c31-25(32)24-15-17-7-1-6-12-23(17)30(24)26(33)28(13-14-28)29-27(34)35-16-22-20-10-4-2-8-18(20)19-9-3-5-11-21(19)22/h1-12,22,24H,13-16H2,(H,29,34)(H,31,32). The molecule has 1 saturated carbocycles. The van der Waals surface area contributed by atoms with Crippen LogP contribution in [0.1, 0.15) is 35.4 Å². The molecule has 0 aromatic heterocycles. The van der Waals surface area contributed by atoms with Crippen LogP contribution >= 0.6 is 0 Å². The third kappa shape index (κ3) is 3.46. The van der Waals surface area contributed by atoms with Crippen molar-refractivity contribution in [2.24, 2.45) is 0 Å². The summed E-state index contributed by atoms with van der Waals surface area (Å²) in [5.41, 5.74) is 4.76. The number of carboxylic acids is 1. The molecular weight excluding hydrogens is 444 g/mol. The number of alkyl carbamates (subject to hydrolysis) is 1. The second-order valence-electron chi connectivity index (χ2n) is 9.39. The molecule has 6 rings (SSSR count). The van der Waals surface area contributed by atoms with Crippen molar-refractivity contribution in [3.8, 4) is 11.1 Å². The van der Waals surface area contributed by atoms with Crippen LogP contribution in [-0.4, -0.2) is 41.3 Å². The van der Waals surface area contributed by atoms with Crippen LogP contribution in [0.25, 0.3) is 11.1 Å². The number of carboxylic acid groups (broad SMARTS) is 1. The minimum atomic E-state index is -1.13. The molecule has 7 nitrogen and oxygen atoms in total. The molecule has 0 radical (unpaired) electrons. The Labute approximate surface area is 202 Å². The van der Waals surface area contributed by atoms with Crippen LogP contribution in [0.4, 0.5) is 10.5 Å². The van der Waals surface area contributed by atoms with Crippen molar-refractivity contribution in [1.82, 2.24) is 5.32 Å². The third-order valence-corrected chi connectivity index (χ3v) is 7.32. The molecule has 0 saturated heterocycles. The van der Waals surface area contributed by atoms with E-state index < -0.39 is 29.6 Å². The molecule has 1 aliphatic heterocycles. The summed E-state index contributed by atoms with van der Waals surface area (Å²) in [5.74, 6) is -1.55. The summed E-state index contributed by atoms with van der Waals surface area (Å²) in [5, 5.41) is 12.5. The van der Waals surface area contributed by atoms with Crippen LogP contribution in [0.5, 0.6) is 0 Å². The zero-order valence-corrected chi connectivity index (χ0v) is 18.9. The van der Waals surface area contributed by atoms with Crippen LogP contribution in [0, 0.1) is 0 Å². The highest BCUT2D eigenvalue weighted by molar-refractivity contribution is 6.09. The predicted octanol–water partition coefficient (Wildman–Crippen LogP) is 4.10. The molecule has 3 aromatic carbocycles. The summed E-state index contributed by atoms with van der Waals surface area (Å²) in [7, 11) is 0. The van der Waals surface area contributed by atoms with Crippen LogP contribution in [0.15, 0.2) is 72.8 Å². The van der Waals surface area contributed by atoms with Gasteiger partial charge in [0.15, 0.2) is 0 Å². The van der Waals surface area contributed by atoms with Gasteiger partial charge in [0.25, 0.3) is 5.91 Å². The molecular formula is C28H24N2O5. The Hall–Kier alpha value is -4.13. The number of benzene rings is 3. The summed E-state index contributed by atoms with van der Waals surface area (Å²) in [6.07, 6.45) is 0.470. The molecule has 35 heavy (non-hydrogen) atoms. The second kappa shape index (κ2) is 7.98. The van der Waals surface area contributed by atoms with E-state index in [-0.39, 0.29) is 18.9 Å². The molecule has 2 aliphatic carbocycles. The van der Waals surface area contributed by atoms with Gasteiger partial charge >= 0.3 is 12.1 Å². The topological polar surface area (TPSA) is 95.9 Å². The number of carbonyl (C=O) groups excluding carboxylic acids is 2. The Balaban J connectivity index is 1.18. The first-order chi connectivity index (χ1) is 17.0. The Morgan fingerprint density at radius 3 is 2.14 bits per heavy atom. The highest BCUT2D eigenvalue weighted by atomic mass is 16.5. The minimum Gasteiger partial charge on any atom is -0.480 e. The quantitative estimate of drug-likeness (QED) is 0.588. The smallest absolute Gasteiger partial charge is 0.408 e. The molecule has 7 heteroatoms. The number of hydrogen-bond acceptors (Lipinski definition) is 4. The summed E-state index contributed by atoms with van der Waals surface area (Å²) in [4.78, 5) is 39.6. The number of fused-ring (bicyclic) bond motifs is 4. The van der Waals surface area contributed by atoms with Crippen molar-refractivity contribution in [3.63, 3.8) is 0 Å². The van der Waals surface area contributed by atoms with E-state index in [1.807, 2.05) is 48.5 Å². The molecule has 3 aliphatic rings. The monoisotopic (exact) mass is 468 g/mol. The lowest BCUT2D eigenvalue weighted by molar-refractivity contribution is -0.140. The first-order valence-electron chi connectivity index (χ1n) is 11.8. The number of aliphatic carboxylic acids is 1. The van der Waals surface area contributed by atoms with Gasteiger partial charge in [-0.1, -0.05) is 66.7 Å². The Bertz CT molecular complexity index is 1320. The van der Waals surface area contributed by atoms with Gasteiger partial charge in [-0.05, 0) is 46.7 Å². The van der Waals surface area contributed by atoms with Gasteiger partial charge in [-0.3, -0.25) is 9.69 Å². The number of nitrogens with zero attached hydrogens (tertiary/aromatic N) is 1. The van der Waals surface area contributed by atoms with Gasteiger partial charge in [-0.25, -0.2) is 9.59 Å². The van der Waals surface area contributed by atoms with Crippen molar-refractivity contribution >= 4 is 23.7 Å². The molecule has 1 atom stereocenters. The van der Waals surface area contributed by atoms with Gasteiger partial charge in [-0.15, -0.1) is 0 Å². The molecule has 0 bridgehead atoms. The van der Waals surface area contributed by atoms with Gasteiger partial charge in [0, 0.05) is 18.0 Å². The molecule has 3 aromatic rings. The normalized spacial score (nSPS) is 18.9. The van der Waals surface area contributed by atoms with Gasteiger partial charge in [0.05, 0.1) is 0 Å². The summed E-state index contributed by atoms with van der Waals surface area (Å²) >= 11 is 0. The zero-order valence-electron chi connectivity index (χ0n) is 18.9. The van der Waals surface area contributed by atoms with E-state index >= 15 is 0 Å². The summed E-state index contributed by atoms with van der Waals surface area (Å²) in [6, 6.07) is 22.4. The number of ether oxygens (including phenoxy) is 1. The van der Waals surface area contributed by atoms with E-state index in [0.717, 1.165) is 27.8 Å². The molecule has 2 N–H and O–H groups in total. The number of amides is 2. The summed E-state index contributed by atoms with van der Waals surface area (Å²) < 4.78 is 5.63. The molecule has 2 amide bonds. The molecule has 0 spiro atoms. The maximum absolute atomic E-state index is 13.5. The van der Waals surface area contributed by atoms with E-state index in [4.69, 9.17) is 4.74 Å². The van der Waals surface area contributed by atoms with Crippen molar-refractivity contribution in [1.29, 1.82) is 0 Å². The number of carbonyl (C=O) groups is 3. The summed E-state index contributed by atoms with van der Waals surface area (Å²) in [6.45, 7) is 0.147. The highest BCUT2D eigenvalue weighted by Crippen LogP contribution is 2.45. The molecule has 176 valence electrons. The van der Waals surface area contributed by atoms with Crippen LogP contribution in [-0.2, 0) is 20.7 Å². The fraction of sp³-hybridized carbons (Fsp3) is 0.250. The lowest BCUT2D eigenvalue weighted by Gasteiger charge is -2.28. The lowest BCUT2D eigenvalue weighted by Crippen LogP contribution is -2.54. The number of hydrogen-bond donors (Lipinski definition) is 2. The van der Waals surface area contributed by atoms with E-state index in [1.165, 1.54) is 4.90 Å². The van der Waals surface area contributed by atoms with Crippen molar-refractivity contribution in [2.45, 2.75) is 36.8 Å². The maximum atomic E-state index is 13.5. The largest absolute Gasteiger partial charge is 0.480 e. The minimum absolute atomic E-state index is 0.0825. The van der Waals surface area contributed by atoms with Crippen molar-refractivity contribution in [2.75, 3.05) is 11.5 Å². The Kier molecular flexibility index (Phi) is 4.88. The third-order valence-electron chi connectivity index (χ3n) is 7.32. The molecule has 1 fully saturated rings. The second-order valence-corrected chi connectivity index (χ2v) is 9.39. The van der Waals surface area contributed by atoms with Crippen molar-refractivity contribution in [3.05, 3.63) is 89.5 Å². The number of anilines is 1. The van der Waals surface area contributed by atoms with E-state index in [9.17, 15) is 19.5 Å². The van der Waals surface area contributed by atoms with E-state index in [1.54, 1.807) is 12.1 Å². The van der Waals surface area contributed by atoms with Crippen LogP contribution in [0.2, 0.25) is 0 Å². The van der Waals surface area contributed by atoms with Gasteiger partial charge in [-0.2, -0.15) is 0 Å². The molecule has 1 heterocycles. The Morgan fingerprint density at radius 2 is 1.51 bits per heavy atom. The van der Waals surface area contributed by atoms with Gasteiger partial charge in [0.2, 0.25) is 0 Å². The number of para-hydroxylation sites is 1. The van der Waals surface area contributed by atoms with Gasteiger partial charge in [0.1, 0.15) is 18.2 Å².